The summed E-state index contributed by atoms with van der Waals surface area (Å²) in [5.41, 5.74) is 1.32. The number of quaternary nitrogens is 1. The number of rotatable bonds is 3. The van der Waals surface area contributed by atoms with Gasteiger partial charge in [-0.3, -0.25) is 4.79 Å². The molecule has 1 amide bonds. The van der Waals surface area contributed by atoms with Crippen LogP contribution in [0, 0.1) is 11.6 Å². The Balaban J connectivity index is 1.65. The summed E-state index contributed by atoms with van der Waals surface area (Å²) in [6.45, 7) is 3.26. The first-order valence-corrected chi connectivity index (χ1v) is 8.08. The fourth-order valence-electron chi connectivity index (χ4n) is 2.88. The molecule has 1 unspecified atom stereocenters. The second kappa shape index (κ2) is 6.14. The molecule has 0 bridgehead atoms. The largest absolute Gasteiger partial charge is 0.321 e. The van der Waals surface area contributed by atoms with Crippen LogP contribution in [0.25, 0.3) is 0 Å². The van der Waals surface area contributed by atoms with Crippen LogP contribution >= 0.6 is 11.3 Å². The normalized spacial score (nSPS) is 20.5. The van der Waals surface area contributed by atoms with E-state index in [9.17, 15) is 13.6 Å². The highest BCUT2D eigenvalue weighted by Crippen LogP contribution is 2.24. The summed E-state index contributed by atoms with van der Waals surface area (Å²) in [5.74, 6) is -1.67. The average molecular weight is 323 g/mol. The first kappa shape index (κ1) is 15.1. The Kier molecular flexibility index (Phi) is 4.22. The van der Waals surface area contributed by atoms with Crippen molar-refractivity contribution in [3.63, 3.8) is 0 Å². The lowest BCUT2D eigenvalue weighted by atomic mass is 10.0. The van der Waals surface area contributed by atoms with Crippen LogP contribution < -0.4 is 10.2 Å². The second-order valence-corrected chi connectivity index (χ2v) is 6.53. The average Bonchev–Trinajstić information content (AvgIpc) is 2.94. The van der Waals surface area contributed by atoms with E-state index in [4.69, 9.17) is 0 Å². The van der Waals surface area contributed by atoms with Gasteiger partial charge in [0.1, 0.15) is 17.7 Å². The van der Waals surface area contributed by atoms with E-state index >= 15 is 0 Å². The molecule has 2 atom stereocenters. The summed E-state index contributed by atoms with van der Waals surface area (Å²) in [6.07, 6.45) is 0.963. The van der Waals surface area contributed by atoms with E-state index in [1.54, 1.807) is 11.3 Å². The van der Waals surface area contributed by atoms with Crippen molar-refractivity contribution in [3.8, 4) is 0 Å². The third kappa shape index (κ3) is 3.03. The zero-order chi connectivity index (χ0) is 15.7. The van der Waals surface area contributed by atoms with Crippen LogP contribution in [-0.2, 0) is 11.2 Å². The molecule has 1 aromatic heterocycles. The summed E-state index contributed by atoms with van der Waals surface area (Å²) in [6, 6.07) is 5.51. The third-order valence-electron chi connectivity index (χ3n) is 4.12. The van der Waals surface area contributed by atoms with Crippen molar-refractivity contribution in [2.45, 2.75) is 19.4 Å². The standard InChI is InChI=1S/C16H16F2N2OS/c1-10-12-5-7-22-15(12)4-6-20(10)9-16(21)19-14-3-2-11(17)8-13(14)18/h2-3,5,7-8,10H,4,6,9H2,1H3,(H,19,21)/p+1/t10-/m0/s1. The van der Waals surface area contributed by atoms with Gasteiger partial charge in [-0.25, -0.2) is 8.78 Å². The number of hydrogen-bond donors (Lipinski definition) is 2. The number of nitrogens with one attached hydrogen (secondary N) is 2. The van der Waals surface area contributed by atoms with E-state index in [0.29, 0.717) is 0 Å². The number of anilines is 1. The van der Waals surface area contributed by atoms with Crippen molar-refractivity contribution in [1.82, 2.24) is 0 Å². The van der Waals surface area contributed by atoms with Gasteiger partial charge in [-0.1, -0.05) is 0 Å². The zero-order valence-electron chi connectivity index (χ0n) is 12.2. The molecule has 2 N–H and O–H groups in total. The third-order valence-corrected chi connectivity index (χ3v) is 5.12. The summed E-state index contributed by atoms with van der Waals surface area (Å²) in [4.78, 5) is 14.7. The molecule has 22 heavy (non-hydrogen) atoms. The maximum atomic E-state index is 13.6. The Morgan fingerprint density at radius 3 is 3.00 bits per heavy atom. The summed E-state index contributed by atoms with van der Waals surface area (Å²) < 4.78 is 26.4. The highest BCUT2D eigenvalue weighted by atomic mass is 32.1. The number of thiophene rings is 1. The minimum absolute atomic E-state index is 0.0201. The maximum absolute atomic E-state index is 13.6. The van der Waals surface area contributed by atoms with Gasteiger partial charge in [0.25, 0.3) is 5.91 Å². The summed E-state index contributed by atoms with van der Waals surface area (Å²) in [5, 5.41) is 4.61. The van der Waals surface area contributed by atoms with Crippen molar-refractivity contribution < 1.29 is 18.5 Å². The number of hydrogen-bond acceptors (Lipinski definition) is 2. The number of carbonyl (C=O) groups is 1. The van der Waals surface area contributed by atoms with Crippen LogP contribution in [0.5, 0.6) is 0 Å². The molecule has 1 aliphatic rings. The molecule has 2 aromatic rings. The molecule has 1 aromatic carbocycles. The molecule has 0 saturated heterocycles. The number of carbonyl (C=O) groups excluding carboxylic acids is 1. The van der Waals surface area contributed by atoms with E-state index < -0.39 is 11.6 Å². The number of amides is 1. The van der Waals surface area contributed by atoms with Crippen LogP contribution in [0.4, 0.5) is 14.5 Å². The van der Waals surface area contributed by atoms with Crippen LogP contribution in [0.2, 0.25) is 0 Å². The Labute approximate surface area is 131 Å². The molecule has 0 aliphatic carbocycles. The van der Waals surface area contributed by atoms with Gasteiger partial charge in [-0.2, -0.15) is 0 Å². The molecule has 3 rings (SSSR count). The predicted octanol–water partition coefficient (Wildman–Crippen LogP) is 2.17. The van der Waals surface area contributed by atoms with Crippen LogP contribution in [0.15, 0.2) is 29.6 Å². The smallest absolute Gasteiger partial charge is 0.279 e. The molecule has 3 nitrogen and oxygen atoms in total. The van der Waals surface area contributed by atoms with E-state index in [2.05, 4.69) is 23.7 Å². The van der Waals surface area contributed by atoms with Gasteiger partial charge in [-0.15, -0.1) is 11.3 Å². The van der Waals surface area contributed by atoms with E-state index in [1.165, 1.54) is 16.5 Å². The molecule has 0 radical (unpaired) electrons. The maximum Gasteiger partial charge on any atom is 0.279 e. The van der Waals surface area contributed by atoms with Crippen LogP contribution in [-0.4, -0.2) is 19.0 Å². The Morgan fingerprint density at radius 1 is 1.41 bits per heavy atom. The number of halogens is 2. The lowest BCUT2D eigenvalue weighted by molar-refractivity contribution is -0.923. The summed E-state index contributed by atoms with van der Waals surface area (Å²) >= 11 is 1.76. The molecular weight excluding hydrogens is 306 g/mol. The van der Waals surface area contributed by atoms with Gasteiger partial charge in [0.15, 0.2) is 6.54 Å². The first-order chi connectivity index (χ1) is 10.5. The van der Waals surface area contributed by atoms with Crippen molar-refractivity contribution in [1.29, 1.82) is 0 Å². The highest BCUT2D eigenvalue weighted by Gasteiger charge is 2.29. The lowest BCUT2D eigenvalue weighted by Gasteiger charge is -2.29. The van der Waals surface area contributed by atoms with Crippen molar-refractivity contribution >= 4 is 22.9 Å². The van der Waals surface area contributed by atoms with Gasteiger partial charge < -0.3 is 10.2 Å². The second-order valence-electron chi connectivity index (χ2n) is 5.53. The molecule has 1 aliphatic heterocycles. The van der Waals surface area contributed by atoms with Gasteiger partial charge in [0.05, 0.1) is 12.2 Å². The van der Waals surface area contributed by atoms with Gasteiger partial charge in [0.2, 0.25) is 0 Å². The van der Waals surface area contributed by atoms with E-state index in [1.807, 2.05) is 0 Å². The molecule has 0 spiro atoms. The van der Waals surface area contributed by atoms with Gasteiger partial charge in [0, 0.05) is 22.9 Å². The number of fused-ring (bicyclic) bond motifs is 1. The van der Waals surface area contributed by atoms with Crippen molar-refractivity contribution in [2.75, 3.05) is 18.4 Å². The molecule has 0 saturated carbocycles. The zero-order valence-corrected chi connectivity index (χ0v) is 13.0. The van der Waals surface area contributed by atoms with Crippen molar-refractivity contribution in [3.05, 3.63) is 51.7 Å². The molecule has 0 fully saturated rings. The quantitative estimate of drug-likeness (QED) is 0.892. The van der Waals surface area contributed by atoms with E-state index in [0.717, 1.165) is 30.0 Å². The molecule has 116 valence electrons. The monoisotopic (exact) mass is 323 g/mol. The minimum atomic E-state index is -0.754. The van der Waals surface area contributed by atoms with Crippen molar-refractivity contribution in [2.24, 2.45) is 0 Å². The van der Waals surface area contributed by atoms with Crippen LogP contribution in [0.3, 0.4) is 0 Å². The molecule has 2 heterocycles. The first-order valence-electron chi connectivity index (χ1n) is 7.20. The Morgan fingerprint density at radius 2 is 2.23 bits per heavy atom. The minimum Gasteiger partial charge on any atom is -0.321 e. The number of benzene rings is 1. The topological polar surface area (TPSA) is 33.5 Å². The van der Waals surface area contributed by atoms with Gasteiger partial charge >= 0.3 is 0 Å². The lowest BCUT2D eigenvalue weighted by Crippen LogP contribution is -3.14. The fourth-order valence-corrected chi connectivity index (χ4v) is 3.86. The predicted molar refractivity (Wildman–Crippen MR) is 82.1 cm³/mol. The Hall–Kier alpha value is -1.79. The SMILES string of the molecule is C[C@H]1c2ccsc2CC[NH+]1CC(=O)Nc1ccc(F)cc1F. The van der Waals surface area contributed by atoms with E-state index in [-0.39, 0.29) is 24.2 Å². The Bertz CT molecular complexity index is 701. The fraction of sp³-hybridized carbons (Fsp3) is 0.312. The summed E-state index contributed by atoms with van der Waals surface area (Å²) in [7, 11) is 0. The molecular formula is C16H17F2N2OS+. The van der Waals surface area contributed by atoms with Crippen LogP contribution in [0.1, 0.15) is 23.4 Å². The van der Waals surface area contributed by atoms with Gasteiger partial charge in [-0.05, 0) is 30.5 Å². The highest BCUT2D eigenvalue weighted by molar-refractivity contribution is 7.10. The molecule has 6 heteroatoms.